The maximum atomic E-state index is 11.8. The van der Waals surface area contributed by atoms with Gasteiger partial charge in [0.05, 0.1) is 6.20 Å². The van der Waals surface area contributed by atoms with Crippen molar-refractivity contribution in [2.45, 2.75) is 32.2 Å². The summed E-state index contributed by atoms with van der Waals surface area (Å²) in [6.45, 7) is 0.738. The van der Waals surface area contributed by atoms with E-state index in [-0.39, 0.29) is 18.1 Å². The van der Waals surface area contributed by atoms with E-state index < -0.39 is 5.97 Å². The molecule has 0 spiro atoms. The topological polar surface area (TPSA) is 97.1 Å². The lowest BCUT2D eigenvalue weighted by molar-refractivity contribution is -0.122. The Morgan fingerprint density at radius 1 is 1.40 bits per heavy atom. The third-order valence-corrected chi connectivity index (χ3v) is 4.51. The first-order valence-electron chi connectivity index (χ1n) is 7.02. The fourth-order valence-corrected chi connectivity index (χ4v) is 3.55. The third-order valence-electron chi connectivity index (χ3n) is 4.51. The van der Waals surface area contributed by atoms with Gasteiger partial charge in [0, 0.05) is 6.54 Å². The summed E-state index contributed by atoms with van der Waals surface area (Å²) >= 11 is 0. The molecule has 2 bridgehead atoms. The van der Waals surface area contributed by atoms with Crippen LogP contribution in [-0.2, 0) is 11.3 Å². The molecular formula is C13H18N4O3. The number of carboxylic acid groups (broad SMARTS) is 1. The van der Waals surface area contributed by atoms with Gasteiger partial charge in [-0.05, 0) is 37.0 Å². The molecule has 1 amide bonds. The summed E-state index contributed by atoms with van der Waals surface area (Å²) in [6, 6.07) is 0. The second-order valence-electron chi connectivity index (χ2n) is 5.85. The molecule has 1 aromatic rings. The normalized spacial score (nSPS) is 27.7. The van der Waals surface area contributed by atoms with E-state index >= 15 is 0 Å². The van der Waals surface area contributed by atoms with Crippen molar-refractivity contribution in [2.24, 2.45) is 17.8 Å². The molecule has 3 unspecified atom stereocenters. The lowest BCUT2D eigenvalue weighted by atomic mass is 9.89. The van der Waals surface area contributed by atoms with E-state index in [1.807, 2.05) is 0 Å². The zero-order valence-electron chi connectivity index (χ0n) is 11.2. The van der Waals surface area contributed by atoms with Crippen LogP contribution in [0.3, 0.4) is 0 Å². The molecule has 20 heavy (non-hydrogen) atoms. The molecule has 3 atom stereocenters. The van der Waals surface area contributed by atoms with Crippen molar-refractivity contribution in [1.29, 1.82) is 0 Å². The molecular weight excluding hydrogens is 260 g/mol. The van der Waals surface area contributed by atoms with Gasteiger partial charge in [0.2, 0.25) is 5.91 Å². The van der Waals surface area contributed by atoms with Gasteiger partial charge < -0.3 is 10.4 Å². The van der Waals surface area contributed by atoms with Gasteiger partial charge in [-0.25, -0.2) is 9.48 Å². The number of nitrogens with one attached hydrogen (secondary N) is 1. The number of nitrogens with zero attached hydrogens (tertiary/aromatic N) is 3. The predicted octanol–water partition coefficient (Wildman–Crippen LogP) is 0.529. The molecule has 1 aromatic heterocycles. The minimum Gasteiger partial charge on any atom is -0.476 e. The monoisotopic (exact) mass is 278 g/mol. The van der Waals surface area contributed by atoms with Crippen LogP contribution in [0, 0.1) is 17.8 Å². The Hall–Kier alpha value is -1.92. The molecule has 2 aliphatic carbocycles. The number of carbonyl (C=O) groups excluding carboxylic acids is 1. The molecule has 1 heterocycles. The molecule has 0 radical (unpaired) electrons. The van der Waals surface area contributed by atoms with Gasteiger partial charge >= 0.3 is 5.97 Å². The van der Waals surface area contributed by atoms with Crippen molar-refractivity contribution in [3.8, 4) is 0 Å². The van der Waals surface area contributed by atoms with Crippen LogP contribution in [0.5, 0.6) is 0 Å². The largest absolute Gasteiger partial charge is 0.476 e. The average molecular weight is 278 g/mol. The van der Waals surface area contributed by atoms with Crippen molar-refractivity contribution < 1.29 is 14.7 Å². The van der Waals surface area contributed by atoms with Gasteiger partial charge in [0.25, 0.3) is 0 Å². The number of hydrogen-bond donors (Lipinski definition) is 2. The minimum atomic E-state index is -1.14. The number of aromatic carboxylic acids is 1. The Morgan fingerprint density at radius 3 is 2.85 bits per heavy atom. The van der Waals surface area contributed by atoms with Gasteiger partial charge in [-0.15, -0.1) is 5.10 Å². The number of rotatable bonds is 5. The van der Waals surface area contributed by atoms with Crippen LogP contribution in [0.4, 0.5) is 0 Å². The summed E-state index contributed by atoms with van der Waals surface area (Å²) in [4.78, 5) is 22.5. The molecule has 2 fully saturated rings. The molecule has 0 saturated heterocycles. The van der Waals surface area contributed by atoms with Crippen LogP contribution in [0.25, 0.3) is 0 Å². The van der Waals surface area contributed by atoms with E-state index in [4.69, 9.17) is 5.11 Å². The van der Waals surface area contributed by atoms with E-state index in [1.54, 1.807) is 0 Å². The molecule has 108 valence electrons. The molecule has 2 saturated carbocycles. The fraction of sp³-hybridized carbons (Fsp3) is 0.692. The number of carbonyl (C=O) groups is 2. The number of fused-ring (bicyclic) bond motifs is 2. The maximum Gasteiger partial charge on any atom is 0.358 e. The first-order chi connectivity index (χ1) is 9.61. The Bertz CT molecular complexity index is 527. The molecule has 0 aromatic carbocycles. The highest BCUT2D eigenvalue weighted by atomic mass is 16.4. The quantitative estimate of drug-likeness (QED) is 0.818. The molecule has 7 nitrogen and oxygen atoms in total. The third kappa shape index (κ3) is 2.66. The van der Waals surface area contributed by atoms with Crippen LogP contribution >= 0.6 is 0 Å². The Labute approximate surface area is 116 Å². The predicted molar refractivity (Wildman–Crippen MR) is 68.9 cm³/mol. The van der Waals surface area contributed by atoms with Crippen molar-refractivity contribution in [3.05, 3.63) is 11.9 Å². The summed E-state index contributed by atoms with van der Waals surface area (Å²) < 4.78 is 1.25. The van der Waals surface area contributed by atoms with Gasteiger partial charge in [-0.2, -0.15) is 0 Å². The molecule has 7 heteroatoms. The van der Waals surface area contributed by atoms with Gasteiger partial charge in [-0.1, -0.05) is 11.6 Å². The van der Waals surface area contributed by atoms with Gasteiger partial charge in [0.1, 0.15) is 6.54 Å². The lowest BCUT2D eigenvalue weighted by Crippen LogP contribution is -2.34. The first-order valence-corrected chi connectivity index (χ1v) is 7.02. The second-order valence-corrected chi connectivity index (χ2v) is 5.85. The Balaban J connectivity index is 1.46. The van der Waals surface area contributed by atoms with Crippen LogP contribution < -0.4 is 5.32 Å². The summed E-state index contributed by atoms with van der Waals surface area (Å²) in [7, 11) is 0. The van der Waals surface area contributed by atoms with E-state index in [9.17, 15) is 9.59 Å². The van der Waals surface area contributed by atoms with Crippen molar-refractivity contribution in [1.82, 2.24) is 20.3 Å². The SMILES string of the molecule is O=C(Cn1cc(C(=O)O)nn1)NCC1CC2CCC1C2. The highest BCUT2D eigenvalue weighted by Crippen LogP contribution is 2.47. The van der Waals surface area contributed by atoms with Crippen LogP contribution in [0.2, 0.25) is 0 Å². The highest BCUT2D eigenvalue weighted by Gasteiger charge is 2.39. The highest BCUT2D eigenvalue weighted by molar-refractivity contribution is 5.84. The Kier molecular flexibility index (Phi) is 3.42. The van der Waals surface area contributed by atoms with E-state index in [1.165, 1.54) is 36.6 Å². The van der Waals surface area contributed by atoms with Crippen molar-refractivity contribution >= 4 is 11.9 Å². The van der Waals surface area contributed by atoms with Gasteiger partial charge in [0.15, 0.2) is 5.69 Å². The Morgan fingerprint density at radius 2 is 2.25 bits per heavy atom. The van der Waals surface area contributed by atoms with Gasteiger partial charge in [-0.3, -0.25) is 4.79 Å². The lowest BCUT2D eigenvalue weighted by Gasteiger charge is -2.21. The average Bonchev–Trinajstić information content (AvgIpc) is 3.11. The zero-order chi connectivity index (χ0) is 14.1. The fourth-order valence-electron chi connectivity index (χ4n) is 3.55. The zero-order valence-corrected chi connectivity index (χ0v) is 11.2. The number of aromatic nitrogens is 3. The smallest absolute Gasteiger partial charge is 0.358 e. The maximum absolute atomic E-state index is 11.8. The van der Waals surface area contributed by atoms with Crippen molar-refractivity contribution in [3.63, 3.8) is 0 Å². The van der Waals surface area contributed by atoms with Crippen molar-refractivity contribution in [2.75, 3.05) is 6.54 Å². The van der Waals surface area contributed by atoms with E-state index in [2.05, 4.69) is 15.6 Å². The number of carboxylic acids is 1. The molecule has 3 rings (SSSR count). The number of hydrogen-bond acceptors (Lipinski definition) is 4. The first kappa shape index (κ1) is 13.1. The summed E-state index contributed by atoms with van der Waals surface area (Å²) in [5, 5.41) is 18.7. The van der Waals surface area contributed by atoms with E-state index in [0.29, 0.717) is 5.92 Å². The minimum absolute atomic E-state index is 0.0150. The molecule has 0 aliphatic heterocycles. The molecule has 2 N–H and O–H groups in total. The summed E-state index contributed by atoms with van der Waals surface area (Å²) in [5.74, 6) is 0.983. The standard InChI is InChI=1S/C13H18N4O3/c18-12(7-17-6-11(13(19)20)15-16-17)14-5-10-4-8-1-2-9(10)3-8/h6,8-10H,1-5,7H2,(H,14,18)(H,19,20). The second kappa shape index (κ2) is 5.22. The van der Waals surface area contributed by atoms with Crippen LogP contribution in [0.1, 0.15) is 36.2 Å². The van der Waals surface area contributed by atoms with Crippen LogP contribution in [-0.4, -0.2) is 38.5 Å². The van der Waals surface area contributed by atoms with E-state index in [0.717, 1.165) is 18.4 Å². The van der Waals surface area contributed by atoms with Crippen LogP contribution in [0.15, 0.2) is 6.20 Å². The molecule has 2 aliphatic rings. The number of amides is 1. The summed E-state index contributed by atoms with van der Waals surface area (Å²) in [6.07, 6.45) is 6.48. The summed E-state index contributed by atoms with van der Waals surface area (Å²) in [5.41, 5.74) is -0.147.